The van der Waals surface area contributed by atoms with Crippen molar-refractivity contribution in [2.45, 2.75) is 0 Å². The third-order valence-electron chi connectivity index (χ3n) is 3.04. The van der Waals surface area contributed by atoms with E-state index in [0.29, 0.717) is 21.1 Å². The minimum absolute atomic E-state index is 0.233. The molecule has 0 atom stereocenters. The fourth-order valence-corrected chi connectivity index (χ4v) is 3.53. The van der Waals surface area contributed by atoms with E-state index in [-0.39, 0.29) is 21.4 Å². The van der Waals surface area contributed by atoms with E-state index in [2.05, 4.69) is 10.3 Å². The summed E-state index contributed by atoms with van der Waals surface area (Å²) in [4.78, 5) is 16.5. The summed E-state index contributed by atoms with van der Waals surface area (Å²) in [5, 5.41) is 3.47. The van der Waals surface area contributed by atoms with Crippen molar-refractivity contribution < 1.29 is 13.9 Å². The highest BCUT2D eigenvalue weighted by molar-refractivity contribution is 7.22. The number of rotatable bonds is 3. The van der Waals surface area contributed by atoms with Crippen LogP contribution in [-0.2, 0) is 0 Å². The average Bonchev–Trinajstić information content (AvgIpc) is 2.88. The van der Waals surface area contributed by atoms with Crippen LogP contribution in [0.15, 0.2) is 30.3 Å². The van der Waals surface area contributed by atoms with E-state index in [9.17, 15) is 9.18 Å². The summed E-state index contributed by atoms with van der Waals surface area (Å²) < 4.78 is 18.9. The largest absolute Gasteiger partial charge is 0.494 e. The van der Waals surface area contributed by atoms with Crippen molar-refractivity contribution in [1.29, 1.82) is 0 Å². The lowest BCUT2D eigenvalue weighted by atomic mass is 10.2. The van der Waals surface area contributed by atoms with Gasteiger partial charge in [0.25, 0.3) is 5.91 Å². The molecule has 8 heteroatoms. The maximum atomic E-state index is 13.2. The topological polar surface area (TPSA) is 51.2 Å². The van der Waals surface area contributed by atoms with Crippen LogP contribution in [0.5, 0.6) is 5.75 Å². The summed E-state index contributed by atoms with van der Waals surface area (Å²) in [6.45, 7) is 0. The van der Waals surface area contributed by atoms with Gasteiger partial charge in [-0.1, -0.05) is 34.5 Å². The number of aromatic nitrogens is 1. The fourth-order valence-electron chi connectivity index (χ4n) is 2.01. The maximum Gasteiger partial charge on any atom is 0.257 e. The van der Waals surface area contributed by atoms with Gasteiger partial charge < -0.3 is 4.74 Å². The summed E-state index contributed by atoms with van der Waals surface area (Å²) in [7, 11) is 1.44. The molecule has 1 aromatic heterocycles. The van der Waals surface area contributed by atoms with Gasteiger partial charge in [0.2, 0.25) is 0 Å². The van der Waals surface area contributed by atoms with E-state index in [4.69, 9.17) is 27.9 Å². The quantitative estimate of drug-likeness (QED) is 0.705. The number of halogens is 3. The van der Waals surface area contributed by atoms with E-state index in [1.54, 1.807) is 6.07 Å². The van der Waals surface area contributed by atoms with Gasteiger partial charge in [-0.25, -0.2) is 9.37 Å². The summed E-state index contributed by atoms with van der Waals surface area (Å²) in [6, 6.07) is 7.14. The van der Waals surface area contributed by atoms with E-state index < -0.39 is 5.91 Å². The van der Waals surface area contributed by atoms with Gasteiger partial charge >= 0.3 is 0 Å². The minimum atomic E-state index is -0.420. The van der Waals surface area contributed by atoms with Crippen molar-refractivity contribution in [1.82, 2.24) is 4.98 Å². The zero-order chi connectivity index (χ0) is 16.6. The van der Waals surface area contributed by atoms with Crippen molar-refractivity contribution in [3.05, 3.63) is 51.8 Å². The molecule has 0 saturated heterocycles. The molecule has 3 aromatic rings. The molecule has 0 fully saturated rings. The van der Waals surface area contributed by atoms with Crippen molar-refractivity contribution in [2.75, 3.05) is 12.4 Å². The lowest BCUT2D eigenvalue weighted by molar-refractivity contribution is 0.102. The van der Waals surface area contributed by atoms with Gasteiger partial charge in [0.05, 0.1) is 27.4 Å². The fraction of sp³-hybridized carbons (Fsp3) is 0.0667. The van der Waals surface area contributed by atoms with Gasteiger partial charge in [-0.15, -0.1) is 0 Å². The average molecular weight is 371 g/mol. The van der Waals surface area contributed by atoms with Crippen LogP contribution in [0.2, 0.25) is 10.0 Å². The molecule has 2 aromatic carbocycles. The molecular formula is C15H9Cl2FN2O2S. The molecule has 0 aliphatic heterocycles. The second kappa shape index (κ2) is 6.31. The van der Waals surface area contributed by atoms with Crippen LogP contribution >= 0.6 is 34.5 Å². The maximum absolute atomic E-state index is 13.2. The van der Waals surface area contributed by atoms with Crippen molar-refractivity contribution in [3.8, 4) is 5.75 Å². The monoisotopic (exact) mass is 370 g/mol. The van der Waals surface area contributed by atoms with E-state index >= 15 is 0 Å². The Kier molecular flexibility index (Phi) is 4.39. The number of nitrogens with zero attached hydrogens (tertiary/aromatic N) is 1. The molecule has 3 rings (SSSR count). The highest BCUT2D eigenvalue weighted by atomic mass is 35.5. The number of carbonyl (C=O) groups excluding carboxylic acids is 1. The van der Waals surface area contributed by atoms with Crippen LogP contribution in [-0.4, -0.2) is 18.0 Å². The van der Waals surface area contributed by atoms with Crippen LogP contribution in [0.3, 0.4) is 0 Å². The third-order valence-corrected chi connectivity index (χ3v) is 4.53. The summed E-state index contributed by atoms with van der Waals surface area (Å²) >= 11 is 13.2. The Morgan fingerprint density at radius 1 is 1.26 bits per heavy atom. The van der Waals surface area contributed by atoms with Crippen molar-refractivity contribution >= 4 is 55.8 Å². The molecule has 0 bridgehead atoms. The Morgan fingerprint density at radius 3 is 2.61 bits per heavy atom. The van der Waals surface area contributed by atoms with Gasteiger partial charge in [-0.05, 0) is 30.3 Å². The van der Waals surface area contributed by atoms with Crippen LogP contribution in [0.1, 0.15) is 10.4 Å². The first-order valence-electron chi connectivity index (χ1n) is 6.38. The van der Waals surface area contributed by atoms with E-state index in [1.165, 1.54) is 42.7 Å². The number of nitrogens with one attached hydrogen (secondary N) is 1. The highest BCUT2D eigenvalue weighted by Gasteiger charge is 2.15. The van der Waals surface area contributed by atoms with Crippen LogP contribution in [0, 0.1) is 5.82 Å². The molecule has 0 unspecified atom stereocenters. The zero-order valence-corrected chi connectivity index (χ0v) is 14.0. The molecule has 1 N–H and O–H groups in total. The Labute approximate surface area is 144 Å². The van der Waals surface area contributed by atoms with Gasteiger partial charge in [0.1, 0.15) is 5.82 Å². The molecule has 4 nitrogen and oxygen atoms in total. The standard InChI is InChI=1S/C15H9Cl2FN2O2S/c1-22-13-9(16)4-7(5-10(13)17)14(21)20-15-19-11-3-2-8(18)6-12(11)23-15/h2-6H,1H3,(H,19,20,21). The number of ether oxygens (including phenoxy) is 1. The number of fused-ring (bicyclic) bond motifs is 1. The first kappa shape index (κ1) is 16.0. The Balaban J connectivity index is 1.88. The first-order valence-corrected chi connectivity index (χ1v) is 7.95. The van der Waals surface area contributed by atoms with Crippen LogP contribution in [0.4, 0.5) is 9.52 Å². The van der Waals surface area contributed by atoms with Gasteiger partial charge in [-0.3, -0.25) is 10.1 Å². The predicted molar refractivity (Wildman–Crippen MR) is 90.5 cm³/mol. The number of hydrogen-bond acceptors (Lipinski definition) is 4. The first-order chi connectivity index (χ1) is 11.0. The van der Waals surface area contributed by atoms with Crippen molar-refractivity contribution in [3.63, 3.8) is 0 Å². The second-order valence-corrected chi connectivity index (χ2v) is 6.40. The number of benzene rings is 2. The molecule has 0 spiro atoms. The van der Waals surface area contributed by atoms with Crippen LogP contribution in [0.25, 0.3) is 10.2 Å². The molecule has 1 amide bonds. The highest BCUT2D eigenvalue weighted by Crippen LogP contribution is 2.34. The minimum Gasteiger partial charge on any atom is -0.494 e. The molecule has 118 valence electrons. The second-order valence-electron chi connectivity index (χ2n) is 4.56. The Morgan fingerprint density at radius 2 is 1.96 bits per heavy atom. The third kappa shape index (κ3) is 3.24. The molecule has 1 heterocycles. The SMILES string of the molecule is COc1c(Cl)cc(C(=O)Nc2nc3ccc(F)cc3s2)cc1Cl. The number of carbonyl (C=O) groups is 1. The summed E-state index contributed by atoms with van der Waals surface area (Å²) in [5.41, 5.74) is 0.878. The molecule has 0 aliphatic rings. The number of anilines is 1. The normalized spacial score (nSPS) is 10.8. The Hall–Kier alpha value is -1.89. The lowest BCUT2D eigenvalue weighted by Gasteiger charge is -2.08. The van der Waals surface area contributed by atoms with Crippen LogP contribution < -0.4 is 10.1 Å². The predicted octanol–water partition coefficient (Wildman–Crippen LogP) is 5.00. The van der Waals surface area contributed by atoms with Gasteiger partial charge in [0, 0.05) is 5.56 Å². The zero-order valence-electron chi connectivity index (χ0n) is 11.7. The van der Waals surface area contributed by atoms with E-state index in [1.807, 2.05) is 0 Å². The number of thiazole rings is 1. The van der Waals surface area contributed by atoms with Gasteiger partial charge in [0.15, 0.2) is 10.9 Å². The molecule has 0 aliphatic carbocycles. The molecular weight excluding hydrogens is 362 g/mol. The molecule has 0 radical (unpaired) electrons. The van der Waals surface area contributed by atoms with Gasteiger partial charge in [-0.2, -0.15) is 0 Å². The Bertz CT molecular complexity index is 891. The number of hydrogen-bond donors (Lipinski definition) is 1. The smallest absolute Gasteiger partial charge is 0.257 e. The molecule has 23 heavy (non-hydrogen) atoms. The van der Waals surface area contributed by atoms with E-state index in [0.717, 1.165) is 0 Å². The lowest BCUT2D eigenvalue weighted by Crippen LogP contribution is -2.11. The molecule has 0 saturated carbocycles. The van der Waals surface area contributed by atoms with Crippen molar-refractivity contribution in [2.24, 2.45) is 0 Å². The summed E-state index contributed by atoms with van der Waals surface area (Å²) in [6.07, 6.45) is 0. The number of amides is 1. The summed E-state index contributed by atoms with van der Waals surface area (Å²) in [5.74, 6) is -0.468. The number of methoxy groups -OCH3 is 1.